The molecule has 0 bridgehead atoms. The van der Waals surface area contributed by atoms with Gasteiger partial charge < -0.3 is 31.4 Å². The number of rotatable bonds is 13. The number of aromatic nitrogens is 2. The molecular weight excluding hydrogens is 456 g/mol. The van der Waals surface area contributed by atoms with Crippen molar-refractivity contribution in [1.82, 2.24) is 20.6 Å². The van der Waals surface area contributed by atoms with Crippen molar-refractivity contribution >= 4 is 35.5 Å². The molecule has 5 N–H and O–H groups in total. The normalized spacial score (nSPS) is 11.3. The fraction of sp³-hybridized carbons (Fsp3) is 0.333. The van der Waals surface area contributed by atoms with E-state index in [1.807, 2.05) is 13.8 Å². The van der Waals surface area contributed by atoms with Gasteiger partial charge in [-0.3, -0.25) is 4.79 Å². The molecule has 0 fully saturated rings. The van der Waals surface area contributed by atoms with E-state index in [1.54, 1.807) is 12.1 Å². The minimum atomic E-state index is -2.90. The molecular formula is C21H26ClF2N7O2. The molecule has 0 unspecified atom stereocenters. The third-order valence-electron chi connectivity index (χ3n) is 3.97. The Morgan fingerprint density at radius 3 is 2.82 bits per heavy atom. The van der Waals surface area contributed by atoms with Crippen molar-refractivity contribution in [3.63, 3.8) is 0 Å². The molecule has 33 heavy (non-hydrogen) atoms. The number of carbonyl (C=O) groups is 1. The van der Waals surface area contributed by atoms with E-state index in [9.17, 15) is 13.6 Å². The molecule has 2 rings (SSSR count). The van der Waals surface area contributed by atoms with E-state index < -0.39 is 6.61 Å². The summed E-state index contributed by atoms with van der Waals surface area (Å²) < 4.78 is 29.2. The van der Waals surface area contributed by atoms with Crippen molar-refractivity contribution in [2.24, 2.45) is 5.92 Å². The van der Waals surface area contributed by atoms with Crippen LogP contribution in [0.2, 0.25) is 5.02 Å². The third kappa shape index (κ3) is 9.69. The highest BCUT2D eigenvalue weighted by Gasteiger charge is 2.08. The number of carbonyl (C=O) groups excluding carboxylic acids is 1. The second kappa shape index (κ2) is 13.2. The van der Waals surface area contributed by atoms with Crippen LogP contribution in [-0.2, 0) is 11.3 Å². The first-order valence-corrected chi connectivity index (χ1v) is 10.4. The lowest BCUT2D eigenvalue weighted by atomic mass is 10.2. The van der Waals surface area contributed by atoms with Crippen molar-refractivity contribution in [3.05, 3.63) is 52.9 Å². The molecule has 1 heterocycles. The van der Waals surface area contributed by atoms with Gasteiger partial charge in [-0.2, -0.15) is 13.8 Å². The lowest BCUT2D eigenvalue weighted by Gasteiger charge is -2.12. The Labute approximate surface area is 195 Å². The smallest absolute Gasteiger partial charge is 0.387 e. The summed E-state index contributed by atoms with van der Waals surface area (Å²) in [5, 5.41) is 19.2. The summed E-state index contributed by atoms with van der Waals surface area (Å²) >= 11 is 6.15. The lowest BCUT2D eigenvalue weighted by molar-refractivity contribution is -0.120. The average molecular weight is 482 g/mol. The van der Waals surface area contributed by atoms with E-state index in [1.165, 1.54) is 24.5 Å². The van der Waals surface area contributed by atoms with Gasteiger partial charge in [0.15, 0.2) is 5.82 Å². The SMILES string of the molecule is CC(C)CNC(=O)CN/C=C(\C=N)Nc1ncc(Cl)c(NCc2cccc(OC(F)F)c2)n1. The summed E-state index contributed by atoms with van der Waals surface area (Å²) in [6.45, 7) is 1.97. The Morgan fingerprint density at radius 2 is 2.12 bits per heavy atom. The average Bonchev–Trinajstić information content (AvgIpc) is 2.77. The van der Waals surface area contributed by atoms with Crippen LogP contribution in [0.25, 0.3) is 0 Å². The molecule has 0 atom stereocenters. The molecule has 0 aliphatic heterocycles. The van der Waals surface area contributed by atoms with Crippen LogP contribution in [0.15, 0.2) is 42.4 Å². The minimum Gasteiger partial charge on any atom is -0.435 e. The molecule has 9 nitrogen and oxygen atoms in total. The van der Waals surface area contributed by atoms with E-state index in [2.05, 4.69) is 36.0 Å². The standard InChI is InChI=1S/C21H26ClF2N7O2/c1-13(2)8-27-18(32)12-26-10-15(7-25)30-21-29-11-17(22)19(31-21)28-9-14-4-3-5-16(6-14)33-20(23)24/h3-7,10-11,13,20,25-26H,8-9,12H2,1-2H3,(H,27,32)(H2,28,29,30,31)/b15-10+,25-7?. The maximum Gasteiger partial charge on any atom is 0.387 e. The first-order chi connectivity index (χ1) is 15.8. The molecule has 0 radical (unpaired) electrons. The quantitative estimate of drug-likeness (QED) is 0.277. The number of nitrogens with zero attached hydrogens (tertiary/aromatic N) is 2. The molecule has 2 aromatic rings. The Morgan fingerprint density at radius 1 is 1.33 bits per heavy atom. The number of anilines is 2. The van der Waals surface area contributed by atoms with Gasteiger partial charge in [0.05, 0.1) is 18.4 Å². The van der Waals surface area contributed by atoms with Gasteiger partial charge in [-0.05, 0) is 23.6 Å². The summed E-state index contributed by atoms with van der Waals surface area (Å²) in [6.07, 6.45) is 3.88. The third-order valence-corrected chi connectivity index (χ3v) is 4.24. The number of nitrogens with one attached hydrogen (secondary N) is 5. The van der Waals surface area contributed by atoms with Crippen molar-refractivity contribution in [3.8, 4) is 5.75 Å². The maximum absolute atomic E-state index is 12.4. The topological polar surface area (TPSA) is 124 Å². The summed E-state index contributed by atoms with van der Waals surface area (Å²) in [4.78, 5) is 20.1. The van der Waals surface area contributed by atoms with Crippen LogP contribution in [0.5, 0.6) is 5.75 Å². The molecule has 1 amide bonds. The largest absolute Gasteiger partial charge is 0.435 e. The highest BCUT2D eigenvalue weighted by Crippen LogP contribution is 2.22. The van der Waals surface area contributed by atoms with Crippen LogP contribution < -0.4 is 26.0 Å². The van der Waals surface area contributed by atoms with E-state index in [0.717, 1.165) is 6.21 Å². The fourth-order valence-electron chi connectivity index (χ4n) is 2.45. The van der Waals surface area contributed by atoms with E-state index in [0.29, 0.717) is 29.5 Å². The zero-order valence-corrected chi connectivity index (χ0v) is 18.9. The Balaban J connectivity index is 1.96. The fourth-order valence-corrected chi connectivity index (χ4v) is 2.60. The molecule has 1 aromatic heterocycles. The molecule has 0 saturated heterocycles. The van der Waals surface area contributed by atoms with Crippen LogP contribution in [0.1, 0.15) is 19.4 Å². The van der Waals surface area contributed by atoms with Crippen LogP contribution >= 0.6 is 11.6 Å². The van der Waals surface area contributed by atoms with Crippen LogP contribution in [0, 0.1) is 11.3 Å². The maximum atomic E-state index is 12.4. The number of hydrogen-bond acceptors (Lipinski definition) is 8. The van der Waals surface area contributed by atoms with Gasteiger partial charge in [0, 0.05) is 25.5 Å². The Kier molecular flexibility index (Phi) is 10.3. The van der Waals surface area contributed by atoms with Crippen molar-refractivity contribution in [2.75, 3.05) is 23.7 Å². The number of hydrogen-bond donors (Lipinski definition) is 5. The minimum absolute atomic E-state index is 0.0478. The Hall–Kier alpha value is -3.47. The lowest BCUT2D eigenvalue weighted by Crippen LogP contribution is -2.34. The van der Waals surface area contributed by atoms with Crippen LogP contribution in [-0.4, -0.2) is 41.8 Å². The second-order valence-corrected chi connectivity index (χ2v) is 7.62. The predicted molar refractivity (Wildman–Crippen MR) is 124 cm³/mol. The van der Waals surface area contributed by atoms with E-state index in [-0.39, 0.29) is 35.7 Å². The van der Waals surface area contributed by atoms with Crippen molar-refractivity contribution < 1.29 is 18.3 Å². The second-order valence-electron chi connectivity index (χ2n) is 7.22. The zero-order valence-electron chi connectivity index (χ0n) is 18.2. The molecule has 0 aliphatic carbocycles. The first-order valence-electron chi connectivity index (χ1n) is 10.0. The molecule has 178 valence electrons. The number of benzene rings is 1. The van der Waals surface area contributed by atoms with Crippen molar-refractivity contribution in [1.29, 1.82) is 5.41 Å². The van der Waals surface area contributed by atoms with Crippen LogP contribution in [0.3, 0.4) is 0 Å². The van der Waals surface area contributed by atoms with Gasteiger partial charge >= 0.3 is 6.61 Å². The first kappa shape index (κ1) is 25.8. The number of alkyl halides is 2. The van der Waals surface area contributed by atoms with Gasteiger partial charge in [0.25, 0.3) is 0 Å². The molecule has 0 spiro atoms. The van der Waals surface area contributed by atoms with Crippen LogP contribution in [0.4, 0.5) is 20.5 Å². The summed E-state index contributed by atoms with van der Waals surface area (Å²) in [6, 6.07) is 6.24. The Bertz CT molecular complexity index is 973. The van der Waals surface area contributed by atoms with Crippen molar-refractivity contribution in [2.45, 2.75) is 27.0 Å². The predicted octanol–water partition coefficient (Wildman–Crippen LogP) is 3.61. The van der Waals surface area contributed by atoms with Gasteiger partial charge in [0.2, 0.25) is 11.9 Å². The number of allylic oxidation sites excluding steroid dienone is 1. The molecule has 0 saturated carbocycles. The molecule has 12 heteroatoms. The van der Waals surface area contributed by atoms with Gasteiger partial charge in [0.1, 0.15) is 10.8 Å². The monoisotopic (exact) mass is 481 g/mol. The van der Waals surface area contributed by atoms with Gasteiger partial charge in [-0.25, -0.2) is 4.98 Å². The summed E-state index contributed by atoms with van der Waals surface area (Å²) in [7, 11) is 0. The van der Waals surface area contributed by atoms with E-state index in [4.69, 9.17) is 17.0 Å². The van der Waals surface area contributed by atoms with E-state index >= 15 is 0 Å². The highest BCUT2D eigenvalue weighted by molar-refractivity contribution is 6.32. The zero-order chi connectivity index (χ0) is 24.2. The summed E-state index contributed by atoms with van der Waals surface area (Å²) in [5.74, 6) is 0.702. The number of ether oxygens (including phenoxy) is 1. The molecule has 0 aliphatic rings. The van der Waals surface area contributed by atoms with Gasteiger partial charge in [-0.1, -0.05) is 37.6 Å². The molecule has 1 aromatic carbocycles. The highest BCUT2D eigenvalue weighted by atomic mass is 35.5. The number of amides is 1. The number of halogens is 3. The summed E-state index contributed by atoms with van der Waals surface area (Å²) in [5.41, 5.74) is 0.995. The van der Waals surface area contributed by atoms with Gasteiger partial charge in [-0.15, -0.1) is 0 Å².